The molecule has 0 radical (unpaired) electrons. The Morgan fingerprint density at radius 1 is 0.822 bits per heavy atom. The van der Waals surface area contributed by atoms with Crippen molar-refractivity contribution in [3.63, 3.8) is 0 Å². The number of hydrogen-bond donors (Lipinski definition) is 1. The fourth-order valence-electron chi connectivity index (χ4n) is 5.04. The second-order valence-corrected chi connectivity index (χ2v) is 12.3. The van der Waals surface area contributed by atoms with E-state index in [-0.39, 0.29) is 35.2 Å². The third-order valence-electron chi connectivity index (χ3n) is 7.32. The number of likely N-dealkylation sites (N-methyl/N-ethyl adjacent to an activating group) is 1. The summed E-state index contributed by atoms with van der Waals surface area (Å²) >= 11 is 0. The van der Waals surface area contributed by atoms with Crippen LogP contribution in [-0.2, 0) is 32.6 Å². The minimum absolute atomic E-state index is 0.0188. The van der Waals surface area contributed by atoms with Crippen LogP contribution in [0.15, 0.2) is 108 Å². The third-order valence-corrected chi connectivity index (χ3v) is 9.10. The van der Waals surface area contributed by atoms with Crippen molar-refractivity contribution < 1.29 is 27.5 Å². The Balaban J connectivity index is 1.84. The number of methoxy groups -OCH3 is 2. The van der Waals surface area contributed by atoms with Crippen LogP contribution < -0.4 is 19.1 Å². The lowest BCUT2D eigenvalue weighted by Crippen LogP contribution is -2.53. The minimum atomic E-state index is -4.25. The van der Waals surface area contributed by atoms with Gasteiger partial charge in [-0.2, -0.15) is 0 Å². The summed E-state index contributed by atoms with van der Waals surface area (Å²) in [4.78, 5) is 29.7. The van der Waals surface area contributed by atoms with E-state index >= 15 is 0 Å². The fourth-order valence-corrected chi connectivity index (χ4v) is 6.48. The van der Waals surface area contributed by atoms with Gasteiger partial charge in [0.15, 0.2) is 0 Å². The highest BCUT2D eigenvalue weighted by Gasteiger charge is 2.35. The van der Waals surface area contributed by atoms with E-state index in [1.165, 1.54) is 24.1 Å². The highest BCUT2D eigenvalue weighted by Crippen LogP contribution is 2.34. The van der Waals surface area contributed by atoms with Gasteiger partial charge in [0, 0.05) is 19.5 Å². The summed E-state index contributed by atoms with van der Waals surface area (Å²) < 4.78 is 40.5. The number of anilines is 1. The number of nitrogens with zero attached hydrogens (tertiary/aromatic N) is 2. The fraction of sp³-hybridized carbons (Fsp3) is 0.257. The first kappa shape index (κ1) is 33.1. The smallest absolute Gasteiger partial charge is 0.264 e. The van der Waals surface area contributed by atoms with E-state index < -0.39 is 28.5 Å². The molecule has 0 fully saturated rings. The molecule has 1 atom stereocenters. The molecule has 0 saturated carbocycles. The molecule has 0 aliphatic heterocycles. The minimum Gasteiger partial charge on any atom is -0.497 e. The van der Waals surface area contributed by atoms with Crippen molar-refractivity contribution >= 4 is 27.5 Å². The van der Waals surface area contributed by atoms with Crippen molar-refractivity contribution in [1.29, 1.82) is 0 Å². The summed E-state index contributed by atoms with van der Waals surface area (Å²) in [5.41, 5.74) is 2.57. The molecule has 0 aromatic heterocycles. The van der Waals surface area contributed by atoms with E-state index in [1.54, 1.807) is 61.7 Å². The van der Waals surface area contributed by atoms with E-state index in [9.17, 15) is 18.0 Å². The molecule has 0 spiro atoms. The van der Waals surface area contributed by atoms with Gasteiger partial charge in [0.2, 0.25) is 11.8 Å². The molecule has 236 valence electrons. The lowest BCUT2D eigenvalue weighted by molar-refractivity contribution is -0.140. The standard InChI is InChI=1S/C35H39N3O6S/c1-5-36-35(40)32(23-27-13-8-6-9-14-27)37(24-28-15-12-16-29(22-28)43-3)34(39)25-38(31-21-26(2)19-20-33(31)44-4)45(41,42)30-17-10-7-11-18-30/h6-22,32H,5,23-25H2,1-4H3,(H,36,40)/t32-/m1/s1. The van der Waals surface area contributed by atoms with Gasteiger partial charge in [-0.25, -0.2) is 8.42 Å². The molecular weight excluding hydrogens is 590 g/mol. The van der Waals surface area contributed by atoms with Crippen molar-refractivity contribution in [3.05, 3.63) is 120 Å². The van der Waals surface area contributed by atoms with E-state index in [0.717, 1.165) is 21.0 Å². The number of amides is 2. The highest BCUT2D eigenvalue weighted by molar-refractivity contribution is 7.92. The predicted octanol–water partition coefficient (Wildman–Crippen LogP) is 4.98. The molecule has 45 heavy (non-hydrogen) atoms. The van der Waals surface area contributed by atoms with Crippen molar-refractivity contribution in [3.8, 4) is 11.5 Å². The number of rotatable bonds is 14. The van der Waals surface area contributed by atoms with Crippen LogP contribution in [-0.4, -0.2) is 58.5 Å². The normalized spacial score (nSPS) is 11.7. The van der Waals surface area contributed by atoms with Crippen molar-refractivity contribution in [1.82, 2.24) is 10.2 Å². The number of sulfonamides is 1. The van der Waals surface area contributed by atoms with Gasteiger partial charge >= 0.3 is 0 Å². The van der Waals surface area contributed by atoms with Crippen LogP contribution in [0.5, 0.6) is 11.5 Å². The molecule has 2 amide bonds. The van der Waals surface area contributed by atoms with Crippen LogP contribution >= 0.6 is 0 Å². The summed E-state index contributed by atoms with van der Waals surface area (Å²) in [6.45, 7) is 3.46. The average Bonchev–Trinajstić information content (AvgIpc) is 3.06. The Morgan fingerprint density at radius 3 is 2.13 bits per heavy atom. The van der Waals surface area contributed by atoms with Crippen LogP contribution in [0.2, 0.25) is 0 Å². The summed E-state index contributed by atoms with van der Waals surface area (Å²) in [6, 6.07) is 28.8. The Bertz CT molecular complexity index is 1700. The van der Waals surface area contributed by atoms with Gasteiger partial charge in [-0.15, -0.1) is 0 Å². The summed E-state index contributed by atoms with van der Waals surface area (Å²) in [6.07, 6.45) is 0.224. The topological polar surface area (TPSA) is 105 Å². The first-order valence-corrected chi connectivity index (χ1v) is 16.1. The summed E-state index contributed by atoms with van der Waals surface area (Å²) in [5.74, 6) is -0.0246. The quantitative estimate of drug-likeness (QED) is 0.211. The molecular formula is C35H39N3O6S. The molecule has 0 unspecified atom stereocenters. The number of ether oxygens (including phenoxy) is 2. The monoisotopic (exact) mass is 629 g/mol. The Hall–Kier alpha value is -4.83. The molecule has 0 saturated heterocycles. The number of carbonyl (C=O) groups excluding carboxylic acids is 2. The van der Waals surface area contributed by atoms with E-state index in [1.807, 2.05) is 50.2 Å². The number of nitrogens with one attached hydrogen (secondary N) is 1. The van der Waals surface area contributed by atoms with Crippen LogP contribution in [0.25, 0.3) is 0 Å². The van der Waals surface area contributed by atoms with Crippen molar-refractivity contribution in [2.24, 2.45) is 0 Å². The molecule has 0 heterocycles. The molecule has 1 N–H and O–H groups in total. The molecule has 9 nitrogen and oxygen atoms in total. The summed E-state index contributed by atoms with van der Waals surface area (Å²) in [5, 5.41) is 2.87. The maximum atomic E-state index is 14.6. The number of carbonyl (C=O) groups is 2. The van der Waals surface area contributed by atoms with Gasteiger partial charge < -0.3 is 19.7 Å². The average molecular weight is 630 g/mol. The van der Waals surface area contributed by atoms with E-state index in [0.29, 0.717) is 12.3 Å². The largest absolute Gasteiger partial charge is 0.497 e. The van der Waals surface area contributed by atoms with Crippen molar-refractivity contribution in [2.45, 2.75) is 37.8 Å². The Kier molecular flexibility index (Phi) is 11.2. The maximum Gasteiger partial charge on any atom is 0.264 e. The van der Waals surface area contributed by atoms with Crippen LogP contribution in [0.4, 0.5) is 5.69 Å². The molecule has 10 heteroatoms. The highest BCUT2D eigenvalue weighted by atomic mass is 32.2. The third kappa shape index (κ3) is 8.21. The maximum absolute atomic E-state index is 14.6. The zero-order valence-corrected chi connectivity index (χ0v) is 26.8. The van der Waals surface area contributed by atoms with Gasteiger partial charge in [-0.1, -0.05) is 66.7 Å². The van der Waals surface area contributed by atoms with Crippen LogP contribution in [0.3, 0.4) is 0 Å². The zero-order chi connectivity index (χ0) is 32.4. The van der Waals surface area contributed by atoms with Gasteiger partial charge in [-0.05, 0) is 66.9 Å². The molecule has 4 aromatic rings. The SMILES string of the molecule is CCNC(=O)[C@@H](Cc1ccccc1)N(Cc1cccc(OC)c1)C(=O)CN(c1cc(C)ccc1OC)S(=O)(=O)c1ccccc1. The second-order valence-electron chi connectivity index (χ2n) is 10.5. The van der Waals surface area contributed by atoms with Gasteiger partial charge in [0.25, 0.3) is 10.0 Å². The summed E-state index contributed by atoms with van der Waals surface area (Å²) in [7, 11) is -1.25. The Labute approximate surface area is 265 Å². The van der Waals surface area contributed by atoms with Crippen LogP contribution in [0, 0.1) is 6.92 Å². The molecule has 4 rings (SSSR count). The molecule has 4 aromatic carbocycles. The van der Waals surface area contributed by atoms with Crippen LogP contribution in [0.1, 0.15) is 23.6 Å². The number of aryl methyl sites for hydroxylation is 1. The van der Waals surface area contributed by atoms with Gasteiger partial charge in [0.1, 0.15) is 24.1 Å². The second kappa shape index (κ2) is 15.3. The van der Waals surface area contributed by atoms with Gasteiger partial charge in [0.05, 0.1) is 24.8 Å². The number of hydrogen-bond acceptors (Lipinski definition) is 6. The predicted molar refractivity (Wildman–Crippen MR) is 175 cm³/mol. The van der Waals surface area contributed by atoms with Gasteiger partial charge in [-0.3, -0.25) is 13.9 Å². The molecule has 0 aliphatic carbocycles. The molecule has 0 aliphatic rings. The van der Waals surface area contributed by atoms with E-state index in [4.69, 9.17) is 9.47 Å². The molecule has 0 bridgehead atoms. The first-order chi connectivity index (χ1) is 21.7. The lowest BCUT2D eigenvalue weighted by atomic mass is 10.0. The van der Waals surface area contributed by atoms with E-state index in [2.05, 4.69) is 5.32 Å². The van der Waals surface area contributed by atoms with Crippen molar-refractivity contribution in [2.75, 3.05) is 31.6 Å². The zero-order valence-electron chi connectivity index (χ0n) is 26.0. The number of benzene rings is 4. The lowest BCUT2D eigenvalue weighted by Gasteiger charge is -2.34. The first-order valence-electron chi connectivity index (χ1n) is 14.6. The Morgan fingerprint density at radius 2 is 1.49 bits per heavy atom.